The summed E-state index contributed by atoms with van der Waals surface area (Å²) in [7, 11) is 0. The predicted octanol–water partition coefficient (Wildman–Crippen LogP) is 14.0. The van der Waals surface area contributed by atoms with Gasteiger partial charge in [-0.2, -0.15) is 0 Å². The average molecular weight is 1030 g/mol. The molecule has 0 N–H and O–H groups in total. The molecule has 0 aliphatic heterocycles. The van der Waals surface area contributed by atoms with Gasteiger partial charge in [-0.15, -0.1) is 18.2 Å². The van der Waals surface area contributed by atoms with Crippen LogP contribution in [0.4, 0.5) is 0 Å². The van der Waals surface area contributed by atoms with Crippen LogP contribution in [-0.4, -0.2) is 32.8 Å². The first kappa shape index (κ1) is 44.9. The van der Waals surface area contributed by atoms with E-state index in [0.29, 0.717) is 17.8 Å². The molecular formula is C53H58GeIrN4O-2. The number of aromatic nitrogens is 4. The van der Waals surface area contributed by atoms with Crippen LogP contribution >= 0.6 is 0 Å². The SMILES string of the molecule is CC(C)Cc1cc(-c2[c-]cccc2)nc[c]1[Ge]([CH3])([CH3])[CH3].CC(C)c1nc2cc[c-]c(-c3nc4ccccc4n3-c3c(C(C)C)cc(-c4ccccc4)cc3C(C)C)c2o1.[Ir]. The normalized spacial score (nSPS) is 11.8. The fourth-order valence-corrected chi connectivity index (χ4v) is 11.2. The Kier molecular flexibility index (Phi) is 14.2. The van der Waals surface area contributed by atoms with Gasteiger partial charge < -0.3 is 8.98 Å². The van der Waals surface area contributed by atoms with Crippen molar-refractivity contribution >= 4 is 39.8 Å². The largest absolute Gasteiger partial charge is 0.488 e. The van der Waals surface area contributed by atoms with E-state index < -0.39 is 13.3 Å². The summed E-state index contributed by atoms with van der Waals surface area (Å²) < 4.78 is 10.2. The maximum atomic E-state index is 6.34. The van der Waals surface area contributed by atoms with Gasteiger partial charge in [-0.3, -0.25) is 4.98 Å². The summed E-state index contributed by atoms with van der Waals surface area (Å²) in [5, 5.41) is 0. The van der Waals surface area contributed by atoms with Crippen molar-refractivity contribution in [3.8, 4) is 39.5 Å². The second-order valence-corrected chi connectivity index (χ2v) is 28.6. The minimum Gasteiger partial charge on any atom is -0.488 e. The standard InChI is InChI=1S/C35H34N3O.C18H24GeN.Ir/c1-21(2)27-19-25(24-13-8-7-9-14-24)20-28(22(3)4)32(27)38-31-18-11-10-16-29(31)36-34(38)26-15-12-17-30-33(26)39-35(37-30)23(5)6;1-14(2)11-16-12-18(15-9-7-6-8-10-15)20-13-17(16)19(3,4)5;/h7-14,16-23H,1-6H3;6-9,12-14H,11H2,1-5H3;/q2*-1;. The molecule has 8 rings (SSSR count). The Morgan fingerprint density at radius 1 is 0.667 bits per heavy atom. The summed E-state index contributed by atoms with van der Waals surface area (Å²) in [5.41, 5.74) is 14.3. The van der Waals surface area contributed by atoms with Crippen molar-refractivity contribution in [1.29, 1.82) is 0 Å². The predicted molar refractivity (Wildman–Crippen MR) is 251 cm³/mol. The maximum absolute atomic E-state index is 6.34. The molecule has 3 aromatic heterocycles. The number of hydrogen-bond donors (Lipinski definition) is 0. The molecule has 7 heteroatoms. The van der Waals surface area contributed by atoms with Crippen molar-refractivity contribution in [3.63, 3.8) is 0 Å². The molecule has 0 unspecified atom stereocenters. The van der Waals surface area contributed by atoms with Gasteiger partial charge in [0.2, 0.25) is 0 Å². The number of nitrogens with zero attached hydrogens (tertiary/aromatic N) is 4. The average Bonchev–Trinajstić information content (AvgIpc) is 3.83. The maximum Gasteiger partial charge on any atom is 0.185 e. The first-order valence-corrected chi connectivity index (χ1v) is 28.5. The summed E-state index contributed by atoms with van der Waals surface area (Å²) in [4.78, 5) is 14.7. The Morgan fingerprint density at radius 2 is 1.33 bits per heavy atom. The van der Waals surface area contributed by atoms with Crippen LogP contribution in [0.1, 0.15) is 95.7 Å². The summed E-state index contributed by atoms with van der Waals surface area (Å²) in [6.45, 7) is 17.9. The molecule has 1 radical (unpaired) electrons. The summed E-state index contributed by atoms with van der Waals surface area (Å²) in [6, 6.07) is 44.8. The van der Waals surface area contributed by atoms with Gasteiger partial charge in [0.1, 0.15) is 0 Å². The van der Waals surface area contributed by atoms with E-state index >= 15 is 0 Å². The van der Waals surface area contributed by atoms with Crippen LogP contribution in [0.2, 0.25) is 17.3 Å². The zero-order chi connectivity index (χ0) is 42.0. The molecule has 0 atom stereocenters. The zero-order valence-corrected chi connectivity index (χ0v) is 41.5. The fourth-order valence-electron chi connectivity index (χ4n) is 7.84. The second-order valence-electron chi connectivity index (χ2n) is 18.1. The van der Waals surface area contributed by atoms with Gasteiger partial charge in [-0.1, -0.05) is 89.6 Å². The number of benzene rings is 5. The Morgan fingerprint density at radius 3 is 1.95 bits per heavy atom. The van der Waals surface area contributed by atoms with E-state index in [0.717, 1.165) is 57.1 Å². The molecule has 0 fully saturated rings. The Hall–Kier alpha value is -4.62. The first-order valence-electron chi connectivity index (χ1n) is 21.2. The molecule has 0 bridgehead atoms. The van der Waals surface area contributed by atoms with Crippen molar-refractivity contribution in [1.82, 2.24) is 19.5 Å². The molecule has 5 aromatic carbocycles. The molecule has 0 aliphatic rings. The van der Waals surface area contributed by atoms with Crippen molar-refractivity contribution in [3.05, 3.63) is 150 Å². The van der Waals surface area contributed by atoms with E-state index in [1.165, 1.54) is 33.5 Å². The summed E-state index contributed by atoms with van der Waals surface area (Å²) in [5.74, 6) is 10.3. The number of imidazole rings is 1. The van der Waals surface area contributed by atoms with Crippen molar-refractivity contribution < 1.29 is 24.5 Å². The number of para-hydroxylation sites is 2. The molecule has 8 aromatic rings. The van der Waals surface area contributed by atoms with Crippen LogP contribution in [0.25, 0.3) is 61.6 Å². The van der Waals surface area contributed by atoms with Gasteiger partial charge in [0.15, 0.2) is 5.89 Å². The Labute approximate surface area is 373 Å². The van der Waals surface area contributed by atoms with Gasteiger partial charge in [-0.25, -0.2) is 4.98 Å². The molecule has 311 valence electrons. The van der Waals surface area contributed by atoms with E-state index in [1.54, 1.807) is 4.40 Å². The number of rotatable bonds is 10. The Balaban J connectivity index is 0.000000243. The monoisotopic (exact) mass is 1030 g/mol. The molecule has 5 nitrogen and oxygen atoms in total. The summed E-state index contributed by atoms with van der Waals surface area (Å²) >= 11 is -1.86. The third kappa shape index (κ3) is 9.62. The van der Waals surface area contributed by atoms with Crippen molar-refractivity contribution in [2.24, 2.45) is 5.92 Å². The minimum atomic E-state index is -1.86. The smallest absolute Gasteiger partial charge is 0.185 e. The van der Waals surface area contributed by atoms with Gasteiger partial charge in [0, 0.05) is 37.2 Å². The van der Waals surface area contributed by atoms with Crippen LogP contribution < -0.4 is 4.40 Å². The van der Waals surface area contributed by atoms with E-state index in [1.807, 2.05) is 36.4 Å². The third-order valence-electron chi connectivity index (χ3n) is 10.8. The number of pyridine rings is 1. The van der Waals surface area contributed by atoms with E-state index in [4.69, 9.17) is 19.4 Å². The molecule has 3 heterocycles. The number of fused-ring (bicyclic) bond motifs is 2. The van der Waals surface area contributed by atoms with Crippen LogP contribution in [0.5, 0.6) is 0 Å². The van der Waals surface area contributed by atoms with Gasteiger partial charge in [-0.05, 0) is 58.4 Å². The molecule has 0 saturated carbocycles. The van der Waals surface area contributed by atoms with Crippen LogP contribution in [0.15, 0.2) is 120 Å². The van der Waals surface area contributed by atoms with Crippen LogP contribution in [0.3, 0.4) is 0 Å². The molecule has 0 spiro atoms. The summed E-state index contributed by atoms with van der Waals surface area (Å²) in [6.07, 6.45) is 3.27. The minimum absolute atomic E-state index is 0. The molecule has 0 saturated heterocycles. The second kappa shape index (κ2) is 19.0. The van der Waals surface area contributed by atoms with Crippen molar-refractivity contribution in [2.45, 2.75) is 96.8 Å². The molecular weight excluding hydrogens is 973 g/mol. The van der Waals surface area contributed by atoms with Crippen molar-refractivity contribution in [2.75, 3.05) is 0 Å². The number of hydrogen-bond acceptors (Lipinski definition) is 4. The molecule has 60 heavy (non-hydrogen) atoms. The third-order valence-corrected chi connectivity index (χ3v) is 15.1. The topological polar surface area (TPSA) is 56.7 Å². The number of oxazole rings is 1. The van der Waals surface area contributed by atoms with Crippen LogP contribution in [0, 0.1) is 18.1 Å². The van der Waals surface area contributed by atoms with Gasteiger partial charge >= 0.3 is 126 Å². The van der Waals surface area contributed by atoms with E-state index in [2.05, 4.69) is 168 Å². The first-order chi connectivity index (χ1) is 28.2. The van der Waals surface area contributed by atoms with E-state index in [-0.39, 0.29) is 26.0 Å². The molecule has 0 aliphatic carbocycles. The van der Waals surface area contributed by atoms with Gasteiger partial charge in [0.05, 0.1) is 22.4 Å². The van der Waals surface area contributed by atoms with Gasteiger partial charge in [0.25, 0.3) is 0 Å². The molecule has 0 amide bonds. The fraction of sp³-hybridized carbons (Fsp3) is 0.302. The van der Waals surface area contributed by atoms with Crippen LogP contribution in [-0.2, 0) is 26.5 Å². The quantitative estimate of drug-likeness (QED) is 0.101. The van der Waals surface area contributed by atoms with E-state index in [9.17, 15) is 0 Å². The zero-order valence-electron chi connectivity index (χ0n) is 37.0. The Bertz CT molecular complexity index is 2660.